The minimum Gasteiger partial charge on any atom is -0.0991 e. The van der Waals surface area contributed by atoms with Gasteiger partial charge in [-0.1, -0.05) is 596 Å². The van der Waals surface area contributed by atoms with Crippen LogP contribution < -0.4 is 0 Å². The van der Waals surface area contributed by atoms with E-state index in [9.17, 15) is 0 Å². The molecule has 0 radical (unpaired) electrons. The molecule has 0 saturated heterocycles. The third kappa shape index (κ3) is 85.3. The number of allylic oxidation sites excluding steroid dienone is 97. The highest BCUT2D eigenvalue weighted by Gasteiger charge is 1.74. The molecule has 0 nitrogen and oxygen atoms in total. The van der Waals surface area contributed by atoms with Crippen molar-refractivity contribution in [2.45, 2.75) is 6.92 Å². The molecule has 0 aliphatic rings. The van der Waals surface area contributed by atoms with Gasteiger partial charge in [-0.2, -0.15) is 0 Å². The molecule has 0 aromatic heterocycles. The Labute approximate surface area is 599 Å². The van der Waals surface area contributed by atoms with Crippen LogP contribution in [0.25, 0.3) is 0 Å². The lowest BCUT2D eigenvalue weighted by atomic mass is 10.3. The Bertz CT molecular complexity index is 3660. The van der Waals surface area contributed by atoms with Crippen molar-refractivity contribution in [2.24, 2.45) is 0 Å². The van der Waals surface area contributed by atoms with Crippen LogP contribution in [0.3, 0.4) is 0 Å². The first kappa shape index (κ1) is 86.3. The summed E-state index contributed by atoms with van der Waals surface area (Å²) in [5, 5.41) is 0. The lowest BCUT2D eigenvalue weighted by molar-refractivity contribution is 1.73. The SMILES string of the molecule is C=CC=CC=CC=CC=CC=CC=CC=CC=CC=CC=CC=CC=CC=CC=CC=CC=CC=CC=CC=CC=CC=CC=CC=CC=CC=CC=CC=CC=CC=CC=CC=CC=CC=CC=CC=CC=CC=CC=CC=CC=CC=CC=CC=CC=CC=CC=CC=CC=CC. The lowest BCUT2D eigenvalue weighted by Crippen LogP contribution is -1.55. The summed E-state index contributed by atoms with van der Waals surface area (Å²) in [6.07, 6.45) is 193. The Morgan fingerprint density at radius 2 is 0.131 bits per heavy atom. The maximum atomic E-state index is 3.63. The summed E-state index contributed by atoms with van der Waals surface area (Å²) < 4.78 is 0. The summed E-state index contributed by atoms with van der Waals surface area (Å²) in [7, 11) is 0. The topological polar surface area (TPSA) is 0 Å². The van der Waals surface area contributed by atoms with Crippen molar-refractivity contribution < 1.29 is 0 Å². The molecule has 0 heterocycles. The van der Waals surface area contributed by atoms with Crippen LogP contribution >= 0.6 is 0 Å². The average Bonchev–Trinajstić information content (AvgIpc) is 3.64. The molecule has 0 fully saturated rings. The Hall–Kier alpha value is -12.7. The predicted octanol–water partition coefficient (Wildman–Crippen LogP) is 27.9. The van der Waals surface area contributed by atoms with E-state index in [0.29, 0.717) is 0 Å². The summed E-state index contributed by atoms with van der Waals surface area (Å²) in [6, 6.07) is 0. The largest absolute Gasteiger partial charge is 0.0991 e. The van der Waals surface area contributed by atoms with Crippen molar-refractivity contribution >= 4 is 0 Å². The van der Waals surface area contributed by atoms with E-state index in [4.69, 9.17) is 0 Å². The summed E-state index contributed by atoms with van der Waals surface area (Å²) in [5.74, 6) is 0. The molecule has 0 saturated carbocycles. The van der Waals surface area contributed by atoms with Crippen LogP contribution in [0.5, 0.6) is 0 Å². The maximum Gasteiger partial charge on any atom is -0.0467 e. The summed E-state index contributed by atoms with van der Waals surface area (Å²) >= 11 is 0. The predicted molar refractivity (Wildman–Crippen MR) is 455 cm³/mol. The second kappa shape index (κ2) is 85.3. The van der Waals surface area contributed by atoms with Gasteiger partial charge in [-0.05, 0) is 6.92 Å². The highest BCUT2D eigenvalue weighted by molar-refractivity contribution is 5.31. The Balaban J connectivity index is 4.12. The molecule has 99 heavy (non-hydrogen) atoms. The fraction of sp³-hybridized carbons (Fsp3) is 0.0101. The van der Waals surface area contributed by atoms with Crippen LogP contribution in [0.15, 0.2) is 596 Å². The van der Waals surface area contributed by atoms with Gasteiger partial charge in [0, 0.05) is 0 Å². The van der Waals surface area contributed by atoms with E-state index in [1.54, 1.807) is 6.08 Å². The molecule has 0 aliphatic heterocycles. The van der Waals surface area contributed by atoms with Gasteiger partial charge in [-0.3, -0.25) is 0 Å². The van der Waals surface area contributed by atoms with Crippen molar-refractivity contribution in [3.8, 4) is 0 Å². The smallest absolute Gasteiger partial charge is 0.0467 e. The van der Waals surface area contributed by atoms with Gasteiger partial charge in [0.1, 0.15) is 0 Å². The molecule has 0 unspecified atom stereocenters. The molecule has 0 aromatic rings. The molecule has 0 spiro atoms. The van der Waals surface area contributed by atoms with Crippen LogP contribution in [-0.2, 0) is 0 Å². The van der Waals surface area contributed by atoms with Crippen molar-refractivity contribution in [1.82, 2.24) is 0 Å². The van der Waals surface area contributed by atoms with E-state index < -0.39 is 0 Å². The minimum absolute atomic E-state index is 1.75. The van der Waals surface area contributed by atoms with E-state index in [-0.39, 0.29) is 0 Å². The van der Waals surface area contributed by atoms with Crippen LogP contribution in [0.2, 0.25) is 0 Å². The fourth-order valence-electron chi connectivity index (χ4n) is 6.16. The second-order valence-corrected chi connectivity index (χ2v) is 18.9. The molecular weight excluding hydrogens is 1190 g/mol. The summed E-state index contributed by atoms with van der Waals surface area (Å²) in [5.41, 5.74) is 0. The van der Waals surface area contributed by atoms with Gasteiger partial charge in [0.25, 0.3) is 0 Å². The van der Waals surface area contributed by atoms with Gasteiger partial charge >= 0.3 is 0 Å². The second-order valence-electron chi connectivity index (χ2n) is 18.9. The maximum absolute atomic E-state index is 3.63. The minimum atomic E-state index is 1.75. The standard InChI is InChI=1S/C99H102/c1-3-5-7-9-11-13-15-17-19-21-23-25-27-29-31-33-35-37-39-41-43-45-47-49-51-53-55-57-59-61-63-65-67-69-71-73-75-77-79-81-83-85-87-89-91-93-95-97-99-98-96-94-92-90-88-86-84-82-80-78-76-74-72-70-68-66-64-62-60-58-56-54-52-50-48-46-44-42-40-38-36-34-32-30-28-26-24-22-20-18-16-14-12-10-8-6-4-2/h3-99H,1H2,2H3. The molecule has 0 bridgehead atoms. The number of hydrogen-bond donors (Lipinski definition) is 0. The summed E-state index contributed by atoms with van der Waals surface area (Å²) in [6.45, 7) is 5.63. The molecule has 0 aliphatic carbocycles. The van der Waals surface area contributed by atoms with E-state index in [0.717, 1.165) is 0 Å². The van der Waals surface area contributed by atoms with E-state index in [2.05, 4.69) is 6.58 Å². The van der Waals surface area contributed by atoms with Crippen LogP contribution in [0, 0.1) is 0 Å². The zero-order valence-electron chi connectivity index (χ0n) is 57.7. The Morgan fingerprint density at radius 3 is 0.182 bits per heavy atom. The molecule has 0 N–H and O–H groups in total. The molecule has 0 amide bonds. The van der Waals surface area contributed by atoms with E-state index >= 15 is 0 Å². The summed E-state index contributed by atoms with van der Waals surface area (Å²) in [4.78, 5) is 0. The first-order valence-electron chi connectivity index (χ1n) is 33.0. The van der Waals surface area contributed by atoms with Gasteiger partial charge in [0.15, 0.2) is 0 Å². The zero-order valence-corrected chi connectivity index (χ0v) is 57.7. The first-order valence-corrected chi connectivity index (χ1v) is 33.0. The lowest BCUT2D eigenvalue weighted by Gasteiger charge is -1.77. The third-order valence-electron chi connectivity index (χ3n) is 10.8. The average molecular weight is 1290 g/mol. The third-order valence-corrected chi connectivity index (χ3v) is 10.8. The first-order chi connectivity index (χ1) is 49.4. The highest BCUT2D eigenvalue weighted by atomic mass is 13.8. The molecule has 0 atom stereocenters. The van der Waals surface area contributed by atoms with E-state index in [1.165, 1.54) is 0 Å². The van der Waals surface area contributed by atoms with Gasteiger partial charge in [0.2, 0.25) is 0 Å². The normalized spacial score (nSPS) is 15.6. The van der Waals surface area contributed by atoms with Crippen molar-refractivity contribution in [1.29, 1.82) is 0 Å². The number of rotatable bonds is 48. The molecule has 0 aromatic carbocycles. The monoisotopic (exact) mass is 1290 g/mol. The molecular formula is C99H102. The van der Waals surface area contributed by atoms with Gasteiger partial charge in [-0.15, -0.1) is 0 Å². The van der Waals surface area contributed by atoms with Crippen LogP contribution in [0.1, 0.15) is 6.92 Å². The highest BCUT2D eigenvalue weighted by Crippen LogP contribution is 1.95. The molecule has 0 heteroatoms. The van der Waals surface area contributed by atoms with Gasteiger partial charge in [-0.25, -0.2) is 0 Å². The number of hydrogen-bond acceptors (Lipinski definition) is 0. The van der Waals surface area contributed by atoms with Crippen LogP contribution in [-0.4, -0.2) is 0 Å². The van der Waals surface area contributed by atoms with Gasteiger partial charge < -0.3 is 0 Å². The van der Waals surface area contributed by atoms with Crippen molar-refractivity contribution in [3.05, 3.63) is 596 Å². The quantitative estimate of drug-likeness (QED) is 0.0533. The zero-order chi connectivity index (χ0) is 70.6. The van der Waals surface area contributed by atoms with Crippen molar-refractivity contribution in [2.75, 3.05) is 0 Å². The Kier molecular flexibility index (Phi) is 74.3. The molecule has 0 rings (SSSR count). The Morgan fingerprint density at radius 1 is 0.0808 bits per heavy atom. The van der Waals surface area contributed by atoms with Gasteiger partial charge in [0.05, 0.1) is 0 Å². The van der Waals surface area contributed by atoms with Crippen molar-refractivity contribution in [3.63, 3.8) is 0 Å². The molecule has 498 valence electrons. The van der Waals surface area contributed by atoms with E-state index in [1.807, 2.05) is 590 Å². The van der Waals surface area contributed by atoms with Crippen LogP contribution in [0.4, 0.5) is 0 Å². The fourth-order valence-corrected chi connectivity index (χ4v) is 6.16.